The number of aromatic amines is 1. The Hall–Kier alpha value is -10.9. The molecule has 12 nitrogen and oxygen atoms in total. The van der Waals surface area contributed by atoms with Crippen LogP contribution in [0.5, 0.6) is 0 Å². The molecule has 1 aliphatic rings. The SMILES string of the molecule is CC(C)(C)OC(=O)n1ncc2cc(Br)cnc21.CC1(C)OB(c2cccnc2Cl)OC1(C)C.Clc1ncccc1-c1cnc2[nH]ncc2c1.[Pd].c1ccc(P(c2ccccc2)c2ccccc2)cc1.c1ccc(P(c2ccccc2)c2ccccc2)cc1.c1ccc(P(c2ccccc2)c2ccccc2)cc1.c1ccc(P(c2ccccc2)c2ccccc2)cc1. The van der Waals surface area contributed by atoms with Crippen LogP contribution in [-0.2, 0) is 34.5 Å². The number of nitrogens with zero attached hydrogens (tertiary/aromatic N) is 7. The van der Waals surface area contributed by atoms with Crippen LogP contribution in [-0.4, -0.2) is 69.9 Å². The van der Waals surface area contributed by atoms with Crippen LogP contribution >= 0.6 is 70.8 Å². The summed E-state index contributed by atoms with van der Waals surface area (Å²) in [5, 5.41) is 30.1. The Morgan fingerprint density at radius 3 is 0.976 bits per heavy atom. The molecule has 632 valence electrons. The van der Waals surface area contributed by atoms with Crippen LogP contribution in [0, 0.1) is 0 Å². The van der Waals surface area contributed by atoms with Gasteiger partial charge in [-0.2, -0.15) is 10.2 Å². The van der Waals surface area contributed by atoms with Crippen molar-refractivity contribution in [3.05, 3.63) is 452 Å². The molecule has 0 aliphatic carbocycles. The van der Waals surface area contributed by atoms with Gasteiger partial charge in [-0.15, -0.1) is 4.68 Å². The van der Waals surface area contributed by atoms with Crippen molar-refractivity contribution in [2.75, 3.05) is 0 Å². The molecule has 0 unspecified atom stereocenters. The van der Waals surface area contributed by atoms with Gasteiger partial charge in [-0.1, -0.05) is 393 Å². The molecule has 6 aromatic heterocycles. The zero-order valence-corrected chi connectivity index (χ0v) is 78.9. The van der Waals surface area contributed by atoms with Crippen LogP contribution in [0.3, 0.4) is 0 Å². The van der Waals surface area contributed by atoms with E-state index in [0.717, 1.165) is 42.2 Å². The molecule has 126 heavy (non-hydrogen) atoms. The maximum absolute atomic E-state index is 11.8. The van der Waals surface area contributed by atoms with Crippen molar-refractivity contribution in [1.29, 1.82) is 0 Å². The predicted molar refractivity (Wildman–Crippen MR) is 535 cm³/mol. The van der Waals surface area contributed by atoms with Crippen LogP contribution < -0.4 is 69.1 Å². The Kier molecular flexibility index (Phi) is 35.2. The van der Waals surface area contributed by atoms with E-state index < -0.39 is 50.5 Å². The molecule has 0 radical (unpaired) electrons. The smallest absolute Gasteiger partial charge is 0.442 e. The zero-order chi connectivity index (χ0) is 87.2. The van der Waals surface area contributed by atoms with Crippen LogP contribution in [0.15, 0.2) is 442 Å². The molecule has 0 spiro atoms. The minimum absolute atomic E-state index is 0. The van der Waals surface area contributed by atoms with Crippen molar-refractivity contribution < 1.29 is 39.3 Å². The summed E-state index contributed by atoms with van der Waals surface area (Å²) >= 11 is 15.4. The third-order valence-electron chi connectivity index (χ3n) is 19.8. The van der Waals surface area contributed by atoms with E-state index in [4.69, 9.17) is 37.2 Å². The molecule has 1 N–H and O–H groups in total. The molecule has 0 amide bonds. The summed E-state index contributed by atoms with van der Waals surface area (Å²) in [7, 11) is -2.22. The molecule has 1 fully saturated rings. The van der Waals surface area contributed by atoms with E-state index in [-0.39, 0.29) is 31.6 Å². The second-order valence-electron chi connectivity index (χ2n) is 30.3. The molecule has 19 rings (SSSR count). The minimum Gasteiger partial charge on any atom is -0.442 e. The van der Waals surface area contributed by atoms with Gasteiger partial charge in [-0.05, 0) is 190 Å². The van der Waals surface area contributed by atoms with E-state index in [1.54, 1.807) is 58.0 Å². The second kappa shape index (κ2) is 47.0. The molecule has 1 aliphatic heterocycles. The number of hydrogen-bond donors (Lipinski definition) is 1. The Morgan fingerprint density at radius 1 is 0.381 bits per heavy atom. The van der Waals surface area contributed by atoms with E-state index in [1.807, 2.05) is 64.1 Å². The monoisotopic (exact) mass is 1920 g/mol. The number of fused-ring (bicyclic) bond motifs is 2. The van der Waals surface area contributed by atoms with E-state index in [1.165, 1.54) is 63.7 Å². The predicted octanol–water partition coefficient (Wildman–Crippen LogP) is 21.5. The first-order chi connectivity index (χ1) is 60.8. The van der Waals surface area contributed by atoms with Gasteiger partial charge in [0.05, 0.1) is 23.6 Å². The number of nitrogens with one attached hydrogen (secondary N) is 1. The number of carbonyl (C=O) groups excluding carboxylic acids is 1. The molecule has 0 saturated carbocycles. The van der Waals surface area contributed by atoms with Crippen molar-refractivity contribution in [3.63, 3.8) is 0 Å². The van der Waals surface area contributed by atoms with Gasteiger partial charge in [0.1, 0.15) is 15.9 Å². The number of aromatic nitrogens is 8. The first kappa shape index (κ1) is 94.2. The Labute approximate surface area is 776 Å². The van der Waals surface area contributed by atoms with E-state index >= 15 is 0 Å². The molecule has 21 heteroatoms. The van der Waals surface area contributed by atoms with Gasteiger partial charge >= 0.3 is 13.2 Å². The number of rotatable bonds is 14. The second-order valence-corrected chi connectivity index (χ2v) is 40.8. The van der Waals surface area contributed by atoms with Crippen LogP contribution in [0.2, 0.25) is 10.3 Å². The van der Waals surface area contributed by atoms with Gasteiger partial charge in [0.2, 0.25) is 0 Å². The zero-order valence-electron chi connectivity index (χ0n) is 70.6. The number of ether oxygens (including phenoxy) is 1. The number of halogens is 3. The van der Waals surface area contributed by atoms with Gasteiger partial charge in [-0.25, -0.2) is 24.7 Å². The fraction of sp³-hybridized carbons (Fsp3) is 0.0952. The number of H-pyrrole nitrogens is 1. The van der Waals surface area contributed by atoms with Crippen LogP contribution in [0.1, 0.15) is 48.5 Å². The Balaban J connectivity index is 0.000000134. The van der Waals surface area contributed by atoms with Gasteiger partial charge in [-0.3, -0.25) is 5.10 Å². The van der Waals surface area contributed by atoms with Crippen molar-refractivity contribution >= 4 is 175 Å². The molecule has 1 saturated heterocycles. The standard InChI is InChI=1S/4C18H15P.C11H15BClNO2.C11H12BrN3O2.C11H7ClN4.Pd/c4*1-4-10-16(11-5-1)19(17-12-6-2-7-13-17)18-14-8-3-9-15-18;1-10(2)11(3,4)16-12(15-10)8-6-5-7-14-9(8)13;1-11(2,3)17-10(16)15-9-7(5-14-15)4-8(12)6-13-9;12-10-9(2-1-3-13-10)7-4-8-6-15-16-11(8)14-5-7;/h4*1-15H;5-7H,1-4H3;4-6H,1-3H3;1-6H,(H,14,15,16);. The summed E-state index contributed by atoms with van der Waals surface area (Å²) in [6.07, 6.45) is 9.47. The summed E-state index contributed by atoms with van der Waals surface area (Å²) in [4.78, 5) is 28.3. The molecule has 7 heterocycles. The molecular formula is C105H94BBrCl2N8O4P4Pd. The molecular weight excluding hydrogens is 1830 g/mol. The summed E-state index contributed by atoms with van der Waals surface area (Å²) < 4.78 is 19.0. The molecule has 0 atom stereocenters. The maximum atomic E-state index is 11.8. The van der Waals surface area contributed by atoms with Crippen molar-refractivity contribution in [1.82, 2.24) is 39.9 Å². The molecule has 12 aromatic carbocycles. The normalized spacial score (nSPS) is 12.2. The topological polar surface area (TPSA) is 143 Å². The van der Waals surface area contributed by atoms with Gasteiger partial charge < -0.3 is 14.0 Å². The van der Waals surface area contributed by atoms with Crippen LogP contribution in [0.25, 0.3) is 33.2 Å². The number of carbonyl (C=O) groups is 1. The third-order valence-corrected chi connectivity index (χ3v) is 30.6. The van der Waals surface area contributed by atoms with Gasteiger partial charge in [0.25, 0.3) is 0 Å². The average molecular weight is 1920 g/mol. The van der Waals surface area contributed by atoms with E-state index in [0.29, 0.717) is 16.0 Å². The molecule has 18 aromatic rings. The van der Waals surface area contributed by atoms with Crippen molar-refractivity contribution in [2.24, 2.45) is 0 Å². The van der Waals surface area contributed by atoms with Gasteiger partial charge in [0, 0.05) is 77.0 Å². The van der Waals surface area contributed by atoms with Crippen molar-refractivity contribution in [2.45, 2.75) is 65.3 Å². The fourth-order valence-electron chi connectivity index (χ4n) is 13.2. The quantitative estimate of drug-likeness (QED) is 0.0635. The number of hydrogen-bond acceptors (Lipinski definition) is 10. The summed E-state index contributed by atoms with van der Waals surface area (Å²) in [5.74, 6) is 0. The van der Waals surface area contributed by atoms with Crippen molar-refractivity contribution in [3.8, 4) is 11.1 Å². The first-order valence-corrected chi connectivity index (χ1v) is 47.7. The Morgan fingerprint density at radius 2 is 0.683 bits per heavy atom. The summed E-state index contributed by atoms with van der Waals surface area (Å²) in [5.41, 5.74) is 2.60. The first-order valence-electron chi connectivity index (χ1n) is 40.7. The minimum atomic E-state index is -0.551. The average Bonchev–Trinajstić information content (AvgIpc) is 1.62. The maximum Gasteiger partial charge on any atom is 0.498 e. The largest absolute Gasteiger partial charge is 0.498 e. The summed E-state index contributed by atoms with van der Waals surface area (Å²) in [6.45, 7) is 13.5. The summed E-state index contributed by atoms with van der Waals surface area (Å²) in [6, 6.07) is 141. The van der Waals surface area contributed by atoms with Crippen LogP contribution in [0.4, 0.5) is 4.79 Å². The number of benzene rings is 12. The van der Waals surface area contributed by atoms with Gasteiger partial charge in [0.15, 0.2) is 11.3 Å². The molecule has 0 bridgehead atoms. The fourth-order valence-corrected chi connectivity index (χ4v) is 23.2. The third kappa shape index (κ3) is 26.4. The van der Waals surface area contributed by atoms with E-state index in [9.17, 15) is 4.79 Å². The van der Waals surface area contributed by atoms with E-state index in [2.05, 4.69) is 415 Å². The Bertz CT molecular complexity index is 5430. The number of pyridine rings is 4.